The molecular weight excluding hydrogens is 360 g/mol. The number of esters is 1. The second-order valence-corrected chi connectivity index (χ2v) is 7.69. The Labute approximate surface area is 163 Å². The molecule has 0 bridgehead atoms. The van der Waals surface area contributed by atoms with E-state index in [1.165, 1.54) is 55.9 Å². The van der Waals surface area contributed by atoms with E-state index in [0.717, 1.165) is 0 Å². The third-order valence-corrected chi connectivity index (χ3v) is 5.73. The molecule has 27 heavy (non-hydrogen) atoms. The number of nitriles is 1. The molecule has 2 aromatic rings. The molecule has 0 radical (unpaired) electrons. The van der Waals surface area contributed by atoms with Crippen molar-refractivity contribution < 1.29 is 14.3 Å². The minimum Gasteiger partial charge on any atom is -0.449 e. The summed E-state index contributed by atoms with van der Waals surface area (Å²) < 4.78 is 5.28. The van der Waals surface area contributed by atoms with Crippen LogP contribution in [0.5, 0.6) is 0 Å². The zero-order valence-electron chi connectivity index (χ0n) is 15.2. The van der Waals surface area contributed by atoms with Crippen LogP contribution in [0.25, 0.3) is 0 Å². The number of carbonyl (C=O) groups is 2. The first-order valence-corrected chi connectivity index (χ1v) is 10.1. The van der Waals surface area contributed by atoms with Crippen LogP contribution in [0.15, 0.2) is 35.7 Å². The SMILES string of the molecule is C[C@@H](OC(=O)c1ccc(C2CCCCC2)cc1)C(=O)Nc1sccc1C#N. The molecule has 1 aromatic carbocycles. The smallest absolute Gasteiger partial charge is 0.338 e. The summed E-state index contributed by atoms with van der Waals surface area (Å²) in [6.45, 7) is 1.52. The minimum absolute atomic E-state index is 0.394. The van der Waals surface area contributed by atoms with Gasteiger partial charge in [0, 0.05) is 0 Å². The number of amides is 1. The highest BCUT2D eigenvalue weighted by molar-refractivity contribution is 7.14. The van der Waals surface area contributed by atoms with Crippen molar-refractivity contribution in [1.29, 1.82) is 5.26 Å². The van der Waals surface area contributed by atoms with Gasteiger partial charge in [-0.3, -0.25) is 4.79 Å². The molecule has 5 nitrogen and oxygen atoms in total. The molecule has 3 rings (SSSR count). The molecule has 1 saturated carbocycles. The van der Waals surface area contributed by atoms with Crippen molar-refractivity contribution >= 4 is 28.2 Å². The highest BCUT2D eigenvalue weighted by Crippen LogP contribution is 2.32. The summed E-state index contributed by atoms with van der Waals surface area (Å²) >= 11 is 1.26. The summed E-state index contributed by atoms with van der Waals surface area (Å²) in [6.07, 6.45) is 5.28. The van der Waals surface area contributed by atoms with Crippen LogP contribution >= 0.6 is 11.3 Å². The normalized spacial score (nSPS) is 15.6. The first-order valence-electron chi connectivity index (χ1n) is 9.18. The van der Waals surface area contributed by atoms with E-state index in [1.54, 1.807) is 23.6 Å². The second-order valence-electron chi connectivity index (χ2n) is 6.77. The molecule has 1 heterocycles. The van der Waals surface area contributed by atoms with E-state index >= 15 is 0 Å². The lowest BCUT2D eigenvalue weighted by Gasteiger charge is -2.22. The quantitative estimate of drug-likeness (QED) is 0.750. The van der Waals surface area contributed by atoms with E-state index in [9.17, 15) is 9.59 Å². The van der Waals surface area contributed by atoms with Crippen molar-refractivity contribution in [3.63, 3.8) is 0 Å². The lowest BCUT2D eigenvalue weighted by Crippen LogP contribution is -2.29. The summed E-state index contributed by atoms with van der Waals surface area (Å²) in [5.41, 5.74) is 2.09. The Morgan fingerprint density at radius 2 is 1.89 bits per heavy atom. The molecule has 0 aliphatic heterocycles. The molecule has 1 aliphatic rings. The summed E-state index contributed by atoms with van der Waals surface area (Å²) in [6, 6.07) is 11.1. The molecule has 0 saturated heterocycles. The largest absolute Gasteiger partial charge is 0.449 e. The molecule has 0 spiro atoms. The molecular formula is C21H22N2O3S. The van der Waals surface area contributed by atoms with Gasteiger partial charge in [0.25, 0.3) is 5.91 Å². The number of anilines is 1. The van der Waals surface area contributed by atoms with Gasteiger partial charge in [-0.25, -0.2) is 4.79 Å². The monoisotopic (exact) mass is 382 g/mol. The van der Waals surface area contributed by atoms with Crippen LogP contribution in [0, 0.1) is 11.3 Å². The fourth-order valence-corrected chi connectivity index (χ4v) is 4.06. The van der Waals surface area contributed by atoms with Crippen LogP contribution < -0.4 is 5.32 Å². The molecule has 6 heteroatoms. The number of hydrogen-bond acceptors (Lipinski definition) is 5. The van der Waals surface area contributed by atoms with Gasteiger partial charge in [0.15, 0.2) is 6.10 Å². The number of nitrogens with zero attached hydrogens (tertiary/aromatic N) is 1. The summed E-state index contributed by atoms with van der Waals surface area (Å²) in [5, 5.41) is 13.8. The van der Waals surface area contributed by atoms with Crippen LogP contribution in [0.2, 0.25) is 0 Å². The number of rotatable bonds is 5. The molecule has 140 valence electrons. The van der Waals surface area contributed by atoms with Crippen molar-refractivity contribution in [2.45, 2.75) is 51.0 Å². The van der Waals surface area contributed by atoms with Gasteiger partial charge in [0.05, 0.1) is 11.1 Å². The van der Waals surface area contributed by atoms with Crippen LogP contribution in [0.4, 0.5) is 5.00 Å². The number of thiophene rings is 1. The average Bonchev–Trinajstić information content (AvgIpc) is 3.15. The van der Waals surface area contributed by atoms with Crippen LogP contribution in [-0.2, 0) is 9.53 Å². The van der Waals surface area contributed by atoms with Crippen molar-refractivity contribution in [3.8, 4) is 6.07 Å². The molecule has 1 aliphatic carbocycles. The number of hydrogen-bond donors (Lipinski definition) is 1. The second kappa shape index (κ2) is 8.83. The zero-order chi connectivity index (χ0) is 19.2. The van der Waals surface area contributed by atoms with Gasteiger partial charge in [-0.1, -0.05) is 31.4 Å². The molecule has 1 fully saturated rings. The van der Waals surface area contributed by atoms with Crippen molar-refractivity contribution in [3.05, 3.63) is 52.4 Å². The van der Waals surface area contributed by atoms with Crippen molar-refractivity contribution in [1.82, 2.24) is 0 Å². The molecule has 1 atom stereocenters. The van der Waals surface area contributed by atoms with Gasteiger partial charge in [0.1, 0.15) is 11.1 Å². The van der Waals surface area contributed by atoms with Crippen LogP contribution in [-0.4, -0.2) is 18.0 Å². The Morgan fingerprint density at radius 3 is 2.56 bits per heavy atom. The predicted molar refractivity (Wildman–Crippen MR) is 105 cm³/mol. The van der Waals surface area contributed by atoms with Crippen molar-refractivity contribution in [2.24, 2.45) is 0 Å². The van der Waals surface area contributed by atoms with E-state index in [4.69, 9.17) is 10.00 Å². The van der Waals surface area contributed by atoms with Crippen molar-refractivity contribution in [2.75, 3.05) is 5.32 Å². The Balaban J connectivity index is 1.57. The first-order chi connectivity index (χ1) is 13.1. The standard InChI is InChI=1S/C21H22N2O3S/c1-14(19(24)23-20-18(13-22)11-12-27-20)26-21(25)17-9-7-16(8-10-17)15-5-3-2-4-6-15/h7-12,14-15H,2-6H2,1H3,(H,23,24)/t14-/m1/s1. The first kappa shape index (κ1) is 19.1. The Bertz CT molecular complexity index is 845. The predicted octanol–water partition coefficient (Wildman–Crippen LogP) is 4.85. The Hall–Kier alpha value is -2.65. The molecule has 1 N–H and O–H groups in total. The number of carbonyl (C=O) groups excluding carboxylic acids is 2. The van der Waals surface area contributed by atoms with Gasteiger partial charge < -0.3 is 10.1 Å². The lowest BCUT2D eigenvalue weighted by molar-refractivity contribution is -0.123. The van der Waals surface area contributed by atoms with Gasteiger partial charge >= 0.3 is 5.97 Å². The summed E-state index contributed by atoms with van der Waals surface area (Å²) in [7, 11) is 0. The lowest BCUT2D eigenvalue weighted by atomic mass is 9.84. The zero-order valence-corrected chi connectivity index (χ0v) is 16.1. The van der Waals surface area contributed by atoms with Crippen LogP contribution in [0.1, 0.15) is 66.4 Å². The van der Waals surface area contributed by atoms with E-state index in [-0.39, 0.29) is 0 Å². The van der Waals surface area contributed by atoms with E-state index < -0.39 is 18.0 Å². The maximum atomic E-state index is 12.3. The summed E-state index contributed by atoms with van der Waals surface area (Å²) in [4.78, 5) is 24.5. The third kappa shape index (κ3) is 4.75. The van der Waals surface area contributed by atoms with Gasteiger partial charge in [-0.15, -0.1) is 11.3 Å². The highest BCUT2D eigenvalue weighted by Gasteiger charge is 2.21. The molecule has 1 amide bonds. The molecule has 0 unspecified atom stereocenters. The third-order valence-electron chi connectivity index (χ3n) is 4.90. The maximum absolute atomic E-state index is 12.3. The Kier molecular flexibility index (Phi) is 6.25. The van der Waals surface area contributed by atoms with Gasteiger partial charge in [-0.05, 0) is 54.8 Å². The number of benzene rings is 1. The average molecular weight is 382 g/mol. The van der Waals surface area contributed by atoms with Crippen LogP contribution in [0.3, 0.4) is 0 Å². The van der Waals surface area contributed by atoms with Gasteiger partial charge in [0.2, 0.25) is 0 Å². The fraction of sp³-hybridized carbons (Fsp3) is 0.381. The summed E-state index contributed by atoms with van der Waals surface area (Å²) in [5.74, 6) is -0.408. The fourth-order valence-electron chi connectivity index (χ4n) is 3.32. The van der Waals surface area contributed by atoms with E-state index in [2.05, 4.69) is 5.32 Å². The van der Waals surface area contributed by atoms with E-state index in [0.29, 0.717) is 22.0 Å². The van der Waals surface area contributed by atoms with Gasteiger partial charge in [-0.2, -0.15) is 5.26 Å². The number of ether oxygens (including phenoxy) is 1. The highest BCUT2D eigenvalue weighted by atomic mass is 32.1. The topological polar surface area (TPSA) is 79.2 Å². The molecule has 1 aromatic heterocycles. The Morgan fingerprint density at radius 1 is 1.19 bits per heavy atom. The van der Waals surface area contributed by atoms with E-state index in [1.807, 2.05) is 18.2 Å². The minimum atomic E-state index is -0.954. The maximum Gasteiger partial charge on any atom is 0.338 e. The number of nitrogens with one attached hydrogen (secondary N) is 1.